The zero-order chi connectivity index (χ0) is 9.97. The highest BCUT2D eigenvalue weighted by molar-refractivity contribution is 6.99. The maximum absolute atomic E-state index is 10.5. The fourth-order valence-corrected chi connectivity index (χ4v) is 1.41. The van der Waals surface area contributed by atoms with E-state index in [2.05, 4.69) is 13.8 Å². The summed E-state index contributed by atoms with van der Waals surface area (Å²) in [5.41, 5.74) is 0.809. The summed E-state index contributed by atoms with van der Waals surface area (Å²) in [4.78, 5) is 10.5. The van der Waals surface area contributed by atoms with Crippen LogP contribution in [-0.2, 0) is 6.54 Å². The van der Waals surface area contributed by atoms with Crippen molar-refractivity contribution in [1.29, 1.82) is 0 Å². The molecule has 1 N–H and O–H groups in total. The van der Waals surface area contributed by atoms with Crippen molar-refractivity contribution in [3.8, 4) is 0 Å². The van der Waals surface area contributed by atoms with Crippen molar-refractivity contribution in [2.45, 2.75) is 6.54 Å². The van der Waals surface area contributed by atoms with Gasteiger partial charge in [0.2, 0.25) is 0 Å². The number of aromatic carboxylic acids is 1. The molecule has 0 aliphatic rings. The van der Waals surface area contributed by atoms with E-state index in [1.165, 1.54) is 10.7 Å². The van der Waals surface area contributed by atoms with E-state index in [-0.39, 0.29) is 5.69 Å². The van der Waals surface area contributed by atoms with E-state index >= 15 is 0 Å². The van der Waals surface area contributed by atoms with Crippen molar-refractivity contribution < 1.29 is 9.90 Å². The van der Waals surface area contributed by atoms with E-state index in [0.29, 0.717) is 6.54 Å². The average Bonchev–Trinajstić information content (AvgIpc) is 2.75. The van der Waals surface area contributed by atoms with Crippen molar-refractivity contribution in [3.63, 3.8) is 0 Å². The van der Waals surface area contributed by atoms with Crippen LogP contribution in [0, 0.1) is 0 Å². The highest BCUT2D eigenvalue weighted by Gasteiger charge is 2.07. The first-order valence-electron chi connectivity index (χ1n) is 3.79. The molecule has 72 valence electrons. The Hall–Kier alpha value is -1.76. The maximum atomic E-state index is 10.5. The molecule has 0 saturated heterocycles. The minimum absolute atomic E-state index is 0.0354. The first-order valence-corrected chi connectivity index (χ1v) is 4.52. The molecule has 0 atom stereocenters. The number of aromatic nitrogens is 4. The number of carbonyl (C=O) groups is 1. The smallest absolute Gasteiger partial charge is 0.356 e. The summed E-state index contributed by atoms with van der Waals surface area (Å²) < 4.78 is 9.34. The van der Waals surface area contributed by atoms with Gasteiger partial charge in [-0.15, -0.1) is 0 Å². The van der Waals surface area contributed by atoms with Crippen molar-refractivity contribution in [2.75, 3.05) is 0 Å². The SMILES string of the molecule is O=C(O)c1ccn(Cc2cnsn2)n1. The molecule has 0 aliphatic carbocycles. The highest BCUT2D eigenvalue weighted by Crippen LogP contribution is 2.01. The van der Waals surface area contributed by atoms with Crippen molar-refractivity contribution >= 4 is 17.7 Å². The molecule has 2 heterocycles. The van der Waals surface area contributed by atoms with Crippen molar-refractivity contribution in [1.82, 2.24) is 18.5 Å². The molecule has 0 saturated carbocycles. The van der Waals surface area contributed by atoms with Crippen molar-refractivity contribution in [2.24, 2.45) is 0 Å². The Kier molecular flexibility index (Phi) is 2.23. The van der Waals surface area contributed by atoms with Gasteiger partial charge >= 0.3 is 5.97 Å². The number of hydrogen-bond donors (Lipinski definition) is 1. The molecule has 0 aliphatic heterocycles. The van der Waals surface area contributed by atoms with E-state index in [1.807, 2.05) is 0 Å². The summed E-state index contributed by atoms with van der Waals surface area (Å²) in [5, 5.41) is 12.5. The van der Waals surface area contributed by atoms with Gasteiger partial charge in [0.1, 0.15) is 0 Å². The third kappa shape index (κ3) is 1.77. The summed E-state index contributed by atoms with van der Waals surface area (Å²) in [6.07, 6.45) is 3.23. The second-order valence-electron chi connectivity index (χ2n) is 2.60. The number of hydrogen-bond acceptors (Lipinski definition) is 5. The minimum Gasteiger partial charge on any atom is -0.476 e. The van der Waals surface area contributed by atoms with Gasteiger partial charge in [-0.1, -0.05) is 0 Å². The number of rotatable bonds is 3. The number of carboxylic acids is 1. The van der Waals surface area contributed by atoms with Crippen LogP contribution in [0.2, 0.25) is 0 Å². The molecule has 0 radical (unpaired) electrons. The Morgan fingerprint density at radius 2 is 2.50 bits per heavy atom. The van der Waals surface area contributed by atoms with E-state index in [1.54, 1.807) is 12.4 Å². The lowest BCUT2D eigenvalue weighted by Gasteiger charge is -1.94. The van der Waals surface area contributed by atoms with Gasteiger partial charge in [-0.05, 0) is 6.07 Å². The van der Waals surface area contributed by atoms with Gasteiger partial charge < -0.3 is 5.11 Å². The topological polar surface area (TPSA) is 80.9 Å². The molecule has 0 spiro atoms. The molecule has 0 unspecified atom stereocenters. The molecule has 0 bridgehead atoms. The van der Waals surface area contributed by atoms with Gasteiger partial charge in [0.15, 0.2) is 5.69 Å². The molecule has 0 amide bonds. The summed E-state index contributed by atoms with van der Waals surface area (Å²) in [6, 6.07) is 1.45. The standard InChI is InChI=1S/C7H6N4O2S/c12-7(13)6-1-2-11(9-6)4-5-3-8-14-10-5/h1-3H,4H2,(H,12,13). The van der Waals surface area contributed by atoms with Gasteiger partial charge in [-0.3, -0.25) is 4.68 Å². The predicted octanol–water partition coefficient (Wildman–Crippen LogP) is 0.481. The molecule has 2 rings (SSSR count). The van der Waals surface area contributed by atoms with Gasteiger partial charge in [-0.2, -0.15) is 13.8 Å². The van der Waals surface area contributed by atoms with Crippen LogP contribution in [0.25, 0.3) is 0 Å². The molecule has 2 aromatic rings. The van der Waals surface area contributed by atoms with Gasteiger partial charge in [0.05, 0.1) is 30.2 Å². The van der Waals surface area contributed by atoms with Crippen LogP contribution in [0.5, 0.6) is 0 Å². The number of carboxylic acid groups (broad SMARTS) is 1. The largest absolute Gasteiger partial charge is 0.476 e. The zero-order valence-electron chi connectivity index (χ0n) is 6.99. The van der Waals surface area contributed by atoms with Crippen LogP contribution >= 0.6 is 11.7 Å². The van der Waals surface area contributed by atoms with Crippen LogP contribution in [0.1, 0.15) is 16.2 Å². The molecule has 2 aromatic heterocycles. The molecule has 7 heteroatoms. The fraction of sp³-hybridized carbons (Fsp3) is 0.143. The minimum atomic E-state index is -1.03. The first-order chi connectivity index (χ1) is 6.75. The Bertz CT molecular complexity index is 436. The predicted molar refractivity (Wildman–Crippen MR) is 48.2 cm³/mol. The van der Waals surface area contributed by atoms with Crippen LogP contribution in [0.3, 0.4) is 0 Å². The zero-order valence-corrected chi connectivity index (χ0v) is 7.81. The molecular formula is C7H6N4O2S. The normalized spacial score (nSPS) is 10.3. The monoisotopic (exact) mass is 210 g/mol. The van der Waals surface area contributed by atoms with Crippen molar-refractivity contribution in [3.05, 3.63) is 29.8 Å². The second kappa shape index (κ2) is 3.54. The van der Waals surface area contributed by atoms with E-state index in [9.17, 15) is 4.79 Å². The molecule has 14 heavy (non-hydrogen) atoms. The summed E-state index contributed by atoms with van der Waals surface area (Å²) >= 11 is 1.11. The second-order valence-corrected chi connectivity index (χ2v) is 3.16. The highest BCUT2D eigenvalue weighted by atomic mass is 32.1. The Balaban J connectivity index is 2.14. The summed E-state index contributed by atoms with van der Waals surface area (Å²) in [5.74, 6) is -1.03. The van der Waals surface area contributed by atoms with Gasteiger partial charge in [-0.25, -0.2) is 4.79 Å². The summed E-state index contributed by atoms with van der Waals surface area (Å²) in [6.45, 7) is 0.448. The van der Waals surface area contributed by atoms with Crippen LogP contribution in [-0.4, -0.2) is 29.6 Å². The Morgan fingerprint density at radius 1 is 1.64 bits per heavy atom. The van der Waals surface area contributed by atoms with Gasteiger partial charge in [0, 0.05) is 6.20 Å². The molecule has 0 fully saturated rings. The lowest BCUT2D eigenvalue weighted by atomic mass is 10.4. The van der Waals surface area contributed by atoms with Crippen LogP contribution < -0.4 is 0 Å². The molecular weight excluding hydrogens is 204 g/mol. The first kappa shape index (κ1) is 8.82. The van der Waals surface area contributed by atoms with Crippen LogP contribution in [0.4, 0.5) is 0 Å². The van der Waals surface area contributed by atoms with E-state index in [0.717, 1.165) is 17.4 Å². The Labute approximate surface area is 83.1 Å². The lowest BCUT2D eigenvalue weighted by Crippen LogP contribution is -2.03. The van der Waals surface area contributed by atoms with E-state index in [4.69, 9.17) is 5.11 Å². The maximum Gasteiger partial charge on any atom is 0.356 e. The average molecular weight is 210 g/mol. The molecule has 0 aromatic carbocycles. The number of nitrogens with zero attached hydrogens (tertiary/aromatic N) is 4. The fourth-order valence-electron chi connectivity index (χ4n) is 0.983. The van der Waals surface area contributed by atoms with E-state index < -0.39 is 5.97 Å². The third-order valence-electron chi connectivity index (χ3n) is 1.59. The van der Waals surface area contributed by atoms with Gasteiger partial charge in [0.25, 0.3) is 0 Å². The Morgan fingerprint density at radius 3 is 3.07 bits per heavy atom. The summed E-state index contributed by atoms with van der Waals surface area (Å²) in [7, 11) is 0. The third-order valence-corrected chi connectivity index (χ3v) is 2.11. The quantitative estimate of drug-likeness (QED) is 0.796. The van der Waals surface area contributed by atoms with Crippen LogP contribution in [0.15, 0.2) is 18.5 Å². The molecule has 6 nitrogen and oxygen atoms in total. The lowest BCUT2D eigenvalue weighted by molar-refractivity contribution is 0.0689.